The number of halogens is 1. The predicted molar refractivity (Wildman–Crippen MR) is 44.8 cm³/mol. The zero-order valence-electron chi connectivity index (χ0n) is 6.07. The molecule has 1 heterocycles. The van der Waals surface area contributed by atoms with E-state index in [1.165, 1.54) is 6.08 Å². The van der Waals surface area contributed by atoms with Gasteiger partial charge in [-0.15, -0.1) is 5.11 Å². The Morgan fingerprint density at radius 3 is 3.08 bits per heavy atom. The summed E-state index contributed by atoms with van der Waals surface area (Å²) in [4.78, 5) is 10.8. The van der Waals surface area contributed by atoms with E-state index in [9.17, 15) is 4.79 Å². The lowest BCUT2D eigenvalue weighted by Gasteiger charge is -2.14. The quantitative estimate of drug-likeness (QED) is 0.562. The van der Waals surface area contributed by atoms with E-state index < -0.39 is 0 Å². The van der Waals surface area contributed by atoms with Crippen molar-refractivity contribution in [1.82, 2.24) is 0 Å². The summed E-state index contributed by atoms with van der Waals surface area (Å²) in [6.07, 6.45) is 6.73. The Morgan fingerprint density at radius 1 is 1.42 bits per heavy atom. The van der Waals surface area contributed by atoms with Gasteiger partial charge in [-0.2, -0.15) is 5.11 Å². The van der Waals surface area contributed by atoms with Crippen molar-refractivity contribution in [3.05, 3.63) is 34.9 Å². The number of azo groups is 1. The molecule has 0 bridgehead atoms. The van der Waals surface area contributed by atoms with Crippen LogP contribution in [0.2, 0.25) is 0 Å². The van der Waals surface area contributed by atoms with Crippen LogP contribution in [-0.4, -0.2) is 11.9 Å². The molecule has 0 aromatic rings. The third-order valence-electron chi connectivity index (χ3n) is 1.66. The Balaban J connectivity index is 2.38. The zero-order valence-corrected chi connectivity index (χ0v) is 6.82. The van der Waals surface area contributed by atoms with Crippen LogP contribution in [0.4, 0.5) is 0 Å². The third-order valence-corrected chi connectivity index (χ3v) is 1.92. The summed E-state index contributed by atoms with van der Waals surface area (Å²) in [5.74, 6) is -0.308. The smallest absolute Gasteiger partial charge is 0.266 e. The number of amides is 1. The lowest BCUT2D eigenvalue weighted by molar-refractivity contribution is -0.114. The molecule has 3 nitrogen and oxygen atoms in total. The molecule has 0 radical (unpaired) electrons. The van der Waals surface area contributed by atoms with Crippen molar-refractivity contribution in [3.63, 3.8) is 0 Å². The molecule has 1 aliphatic carbocycles. The molecule has 0 N–H and O–H groups in total. The standard InChI is InChI=1S/C8H5ClN2O/c9-6-2-1-5-3-8(12)11-10-7(5)4-6/h1-4,7H. The van der Waals surface area contributed by atoms with Gasteiger partial charge >= 0.3 is 0 Å². The lowest BCUT2D eigenvalue weighted by atomic mass is 10.0. The minimum absolute atomic E-state index is 0.166. The highest BCUT2D eigenvalue weighted by Crippen LogP contribution is 2.23. The monoisotopic (exact) mass is 180 g/mol. The van der Waals surface area contributed by atoms with Gasteiger partial charge < -0.3 is 0 Å². The first-order valence-corrected chi connectivity index (χ1v) is 3.85. The van der Waals surface area contributed by atoms with E-state index in [4.69, 9.17) is 11.6 Å². The van der Waals surface area contributed by atoms with Crippen molar-refractivity contribution in [2.24, 2.45) is 10.2 Å². The molecule has 0 saturated heterocycles. The van der Waals surface area contributed by atoms with Gasteiger partial charge in [-0.25, -0.2) is 0 Å². The highest BCUT2D eigenvalue weighted by molar-refractivity contribution is 6.31. The Kier molecular flexibility index (Phi) is 1.66. The van der Waals surface area contributed by atoms with E-state index in [0.717, 1.165) is 5.57 Å². The number of rotatable bonds is 0. The molecule has 1 aliphatic heterocycles. The summed E-state index contributed by atoms with van der Waals surface area (Å²) in [6, 6.07) is -0.166. The van der Waals surface area contributed by atoms with E-state index in [2.05, 4.69) is 10.2 Å². The number of nitrogens with zero attached hydrogens (tertiary/aromatic N) is 2. The van der Waals surface area contributed by atoms with Crippen LogP contribution < -0.4 is 0 Å². The van der Waals surface area contributed by atoms with Gasteiger partial charge in [-0.3, -0.25) is 4.79 Å². The normalized spacial score (nSPS) is 26.4. The maximum Gasteiger partial charge on any atom is 0.288 e. The Hall–Kier alpha value is -1.22. The average molecular weight is 181 g/mol. The molecule has 0 spiro atoms. The molecule has 12 heavy (non-hydrogen) atoms. The maximum atomic E-state index is 10.8. The highest BCUT2D eigenvalue weighted by atomic mass is 35.5. The molecule has 2 rings (SSSR count). The van der Waals surface area contributed by atoms with Gasteiger partial charge in [0.1, 0.15) is 6.04 Å². The van der Waals surface area contributed by atoms with Gasteiger partial charge in [-0.1, -0.05) is 17.7 Å². The summed E-state index contributed by atoms with van der Waals surface area (Å²) in [5.41, 5.74) is 0.847. The molecular weight excluding hydrogens is 176 g/mol. The average Bonchev–Trinajstić information content (AvgIpc) is 2.05. The number of allylic oxidation sites excluding steroid dienone is 2. The van der Waals surface area contributed by atoms with Crippen molar-refractivity contribution < 1.29 is 4.79 Å². The van der Waals surface area contributed by atoms with E-state index in [-0.39, 0.29) is 11.9 Å². The number of carbonyl (C=O) groups excluding carboxylic acids is 1. The Labute approximate surface area is 74.1 Å². The van der Waals surface area contributed by atoms with Crippen LogP contribution in [0.15, 0.2) is 45.1 Å². The van der Waals surface area contributed by atoms with Gasteiger partial charge in [0.25, 0.3) is 5.91 Å². The minimum Gasteiger partial charge on any atom is -0.266 e. The molecule has 1 unspecified atom stereocenters. The predicted octanol–water partition coefficient (Wildman–Crippen LogP) is 1.97. The second-order valence-corrected chi connectivity index (χ2v) is 2.96. The molecule has 0 saturated carbocycles. The fraction of sp³-hybridized carbons (Fsp3) is 0.125. The molecule has 1 atom stereocenters. The molecule has 1 amide bonds. The number of hydrogen-bond donors (Lipinski definition) is 0. The Bertz CT molecular complexity index is 352. The molecule has 0 aromatic carbocycles. The molecule has 4 heteroatoms. The van der Waals surface area contributed by atoms with E-state index in [1.807, 2.05) is 0 Å². The van der Waals surface area contributed by atoms with E-state index in [0.29, 0.717) is 5.03 Å². The van der Waals surface area contributed by atoms with E-state index in [1.54, 1.807) is 18.2 Å². The summed E-state index contributed by atoms with van der Waals surface area (Å²) in [5, 5.41) is 7.83. The largest absolute Gasteiger partial charge is 0.288 e. The van der Waals surface area contributed by atoms with Crippen molar-refractivity contribution >= 4 is 17.5 Å². The first kappa shape index (κ1) is 7.43. The number of carbonyl (C=O) groups is 1. The molecule has 60 valence electrons. The summed E-state index contributed by atoms with van der Waals surface area (Å²) in [6.45, 7) is 0. The van der Waals surface area contributed by atoms with Gasteiger partial charge in [0, 0.05) is 11.1 Å². The Morgan fingerprint density at radius 2 is 2.25 bits per heavy atom. The summed E-state index contributed by atoms with van der Waals surface area (Å²) in [7, 11) is 0. The van der Waals surface area contributed by atoms with Crippen LogP contribution in [-0.2, 0) is 4.79 Å². The highest BCUT2D eigenvalue weighted by Gasteiger charge is 2.17. The van der Waals surface area contributed by atoms with Crippen LogP contribution in [0, 0.1) is 0 Å². The fourth-order valence-corrected chi connectivity index (χ4v) is 1.28. The third kappa shape index (κ3) is 1.23. The van der Waals surface area contributed by atoms with Crippen LogP contribution >= 0.6 is 11.6 Å². The SMILES string of the molecule is O=C1C=C2C=CC(Cl)=CC2N=N1. The minimum atomic E-state index is -0.308. The molecule has 2 aliphatic rings. The first-order chi connectivity index (χ1) is 5.75. The van der Waals surface area contributed by atoms with Gasteiger partial charge in [-0.05, 0) is 17.7 Å². The fourth-order valence-electron chi connectivity index (χ4n) is 1.10. The second-order valence-electron chi connectivity index (χ2n) is 2.53. The van der Waals surface area contributed by atoms with Crippen molar-refractivity contribution in [1.29, 1.82) is 0 Å². The van der Waals surface area contributed by atoms with E-state index >= 15 is 0 Å². The van der Waals surface area contributed by atoms with Gasteiger partial charge in [0.05, 0.1) is 0 Å². The second kappa shape index (κ2) is 2.68. The van der Waals surface area contributed by atoms with Crippen molar-refractivity contribution in [2.45, 2.75) is 6.04 Å². The molecule has 0 aromatic heterocycles. The number of hydrogen-bond acceptors (Lipinski definition) is 2. The topological polar surface area (TPSA) is 41.8 Å². The van der Waals surface area contributed by atoms with Crippen molar-refractivity contribution in [2.75, 3.05) is 0 Å². The van der Waals surface area contributed by atoms with Crippen LogP contribution in [0.1, 0.15) is 0 Å². The summed E-state index contributed by atoms with van der Waals surface area (Å²) < 4.78 is 0. The van der Waals surface area contributed by atoms with Gasteiger partial charge in [0.2, 0.25) is 0 Å². The molecular formula is C8H5ClN2O. The number of fused-ring (bicyclic) bond motifs is 1. The van der Waals surface area contributed by atoms with Crippen LogP contribution in [0.5, 0.6) is 0 Å². The van der Waals surface area contributed by atoms with Crippen molar-refractivity contribution in [3.8, 4) is 0 Å². The lowest BCUT2D eigenvalue weighted by Crippen LogP contribution is -2.12. The zero-order chi connectivity index (χ0) is 8.55. The van der Waals surface area contributed by atoms with Crippen LogP contribution in [0.25, 0.3) is 0 Å². The maximum absolute atomic E-state index is 10.8. The van der Waals surface area contributed by atoms with Gasteiger partial charge in [0.15, 0.2) is 0 Å². The summed E-state index contributed by atoms with van der Waals surface area (Å²) >= 11 is 5.73. The first-order valence-electron chi connectivity index (χ1n) is 3.47. The molecule has 0 fully saturated rings. The van der Waals surface area contributed by atoms with Crippen LogP contribution in [0.3, 0.4) is 0 Å².